The molecule has 1 amide bonds. The van der Waals surface area contributed by atoms with E-state index in [-0.39, 0.29) is 10.6 Å². The quantitative estimate of drug-likeness (QED) is 0.541. The van der Waals surface area contributed by atoms with Crippen molar-refractivity contribution in [3.8, 4) is 11.8 Å². The standard InChI is InChI=1S/C20H13ClF2N2O2S/c21-16-10-13(25-19(26)18-17(8-9-28-18)27-20(22)23)6-7-14(16)15(11-24)12-4-2-1-3-5-12/h1-10,15,20H,(H,25,26). The molecule has 0 aliphatic heterocycles. The molecule has 8 heteroatoms. The van der Waals surface area contributed by atoms with Crippen LogP contribution in [0, 0.1) is 11.3 Å². The molecule has 1 N–H and O–H groups in total. The van der Waals surface area contributed by atoms with Gasteiger partial charge in [-0.05, 0) is 34.7 Å². The van der Waals surface area contributed by atoms with E-state index in [0.717, 1.165) is 16.9 Å². The Morgan fingerprint density at radius 2 is 1.93 bits per heavy atom. The molecule has 0 aliphatic rings. The number of nitriles is 1. The van der Waals surface area contributed by atoms with Crippen molar-refractivity contribution in [2.24, 2.45) is 0 Å². The number of anilines is 1. The van der Waals surface area contributed by atoms with Gasteiger partial charge in [-0.15, -0.1) is 11.3 Å². The predicted molar refractivity (Wildman–Crippen MR) is 104 cm³/mol. The fourth-order valence-electron chi connectivity index (χ4n) is 2.65. The molecule has 0 radical (unpaired) electrons. The summed E-state index contributed by atoms with van der Waals surface area (Å²) in [5.41, 5.74) is 1.78. The van der Waals surface area contributed by atoms with Gasteiger partial charge in [0.25, 0.3) is 5.91 Å². The number of nitrogens with one attached hydrogen (secondary N) is 1. The number of ether oxygens (including phenoxy) is 1. The van der Waals surface area contributed by atoms with E-state index >= 15 is 0 Å². The Kier molecular flexibility index (Phi) is 6.24. The van der Waals surface area contributed by atoms with Gasteiger partial charge in [0.05, 0.1) is 12.0 Å². The number of nitrogens with zero attached hydrogens (tertiary/aromatic N) is 1. The van der Waals surface area contributed by atoms with Crippen molar-refractivity contribution >= 4 is 34.5 Å². The van der Waals surface area contributed by atoms with Crippen LogP contribution in [0.1, 0.15) is 26.7 Å². The zero-order chi connectivity index (χ0) is 20.1. The first-order valence-electron chi connectivity index (χ1n) is 8.07. The summed E-state index contributed by atoms with van der Waals surface area (Å²) in [7, 11) is 0. The molecule has 0 aliphatic carbocycles. The number of amides is 1. The zero-order valence-corrected chi connectivity index (χ0v) is 15.8. The smallest absolute Gasteiger partial charge is 0.387 e. The van der Waals surface area contributed by atoms with E-state index in [0.29, 0.717) is 16.3 Å². The minimum Gasteiger partial charge on any atom is -0.433 e. The highest BCUT2D eigenvalue weighted by molar-refractivity contribution is 7.12. The Morgan fingerprint density at radius 3 is 2.57 bits per heavy atom. The lowest BCUT2D eigenvalue weighted by Crippen LogP contribution is -2.13. The molecule has 0 fully saturated rings. The average Bonchev–Trinajstić information content (AvgIpc) is 3.12. The molecule has 0 bridgehead atoms. The van der Waals surface area contributed by atoms with Crippen LogP contribution >= 0.6 is 22.9 Å². The third-order valence-corrected chi connectivity index (χ3v) is 5.10. The van der Waals surface area contributed by atoms with Crippen LogP contribution in [0.25, 0.3) is 0 Å². The third-order valence-electron chi connectivity index (χ3n) is 3.88. The van der Waals surface area contributed by atoms with Gasteiger partial charge in [-0.1, -0.05) is 48.0 Å². The maximum absolute atomic E-state index is 12.4. The Balaban J connectivity index is 1.80. The largest absolute Gasteiger partial charge is 0.433 e. The van der Waals surface area contributed by atoms with E-state index < -0.39 is 18.4 Å². The van der Waals surface area contributed by atoms with Gasteiger partial charge in [0, 0.05) is 10.7 Å². The van der Waals surface area contributed by atoms with E-state index in [1.807, 2.05) is 30.3 Å². The molecule has 1 atom stereocenters. The molecule has 3 rings (SSSR count). The van der Waals surface area contributed by atoms with Crippen LogP contribution in [0.5, 0.6) is 5.75 Å². The van der Waals surface area contributed by atoms with Gasteiger partial charge in [-0.25, -0.2) is 0 Å². The van der Waals surface area contributed by atoms with Gasteiger partial charge in [0.2, 0.25) is 0 Å². The van der Waals surface area contributed by atoms with Gasteiger partial charge in [-0.3, -0.25) is 4.79 Å². The molecule has 0 spiro atoms. The second kappa shape index (κ2) is 8.83. The van der Waals surface area contributed by atoms with E-state index in [9.17, 15) is 18.8 Å². The predicted octanol–water partition coefficient (Wildman–Crippen LogP) is 5.91. The van der Waals surface area contributed by atoms with Gasteiger partial charge >= 0.3 is 6.61 Å². The lowest BCUT2D eigenvalue weighted by atomic mass is 9.92. The van der Waals surface area contributed by atoms with Crippen LogP contribution < -0.4 is 10.1 Å². The normalized spacial score (nSPS) is 11.7. The van der Waals surface area contributed by atoms with Crippen LogP contribution in [0.2, 0.25) is 5.02 Å². The second-order valence-corrected chi connectivity index (χ2v) is 6.98. The zero-order valence-electron chi connectivity index (χ0n) is 14.2. The van der Waals surface area contributed by atoms with E-state index in [4.69, 9.17) is 11.6 Å². The molecule has 2 aromatic carbocycles. The van der Waals surface area contributed by atoms with Crippen LogP contribution in [0.4, 0.5) is 14.5 Å². The van der Waals surface area contributed by atoms with Crippen LogP contribution in [-0.2, 0) is 0 Å². The summed E-state index contributed by atoms with van der Waals surface area (Å²) in [6, 6.07) is 17.5. The minimum atomic E-state index is -3.02. The molecule has 4 nitrogen and oxygen atoms in total. The number of hydrogen-bond acceptors (Lipinski definition) is 4. The van der Waals surface area contributed by atoms with Crippen molar-refractivity contribution in [3.05, 3.63) is 81.0 Å². The summed E-state index contributed by atoms with van der Waals surface area (Å²) in [5.74, 6) is -1.33. The summed E-state index contributed by atoms with van der Waals surface area (Å²) in [5, 5.41) is 13.9. The monoisotopic (exact) mass is 418 g/mol. The number of carbonyl (C=O) groups is 1. The summed E-state index contributed by atoms with van der Waals surface area (Å²) in [4.78, 5) is 12.4. The van der Waals surface area contributed by atoms with E-state index in [1.54, 1.807) is 12.1 Å². The van der Waals surface area contributed by atoms with Crippen molar-refractivity contribution in [1.82, 2.24) is 0 Å². The lowest BCUT2D eigenvalue weighted by Gasteiger charge is -2.13. The molecule has 1 unspecified atom stereocenters. The van der Waals surface area contributed by atoms with Crippen LogP contribution in [0.15, 0.2) is 60.0 Å². The molecule has 0 saturated carbocycles. The molecular weight excluding hydrogens is 406 g/mol. The van der Waals surface area contributed by atoms with Crippen molar-refractivity contribution in [2.75, 3.05) is 5.32 Å². The Hall–Kier alpha value is -2.95. The number of hydrogen-bond donors (Lipinski definition) is 1. The number of thiophene rings is 1. The number of benzene rings is 2. The fourth-order valence-corrected chi connectivity index (χ4v) is 3.66. The average molecular weight is 419 g/mol. The summed E-state index contributed by atoms with van der Waals surface area (Å²) in [6.07, 6.45) is 0. The Labute approximate surface area is 168 Å². The highest BCUT2D eigenvalue weighted by Gasteiger charge is 2.20. The lowest BCUT2D eigenvalue weighted by molar-refractivity contribution is -0.0498. The molecule has 3 aromatic rings. The minimum absolute atomic E-state index is 0.0275. The number of carbonyl (C=O) groups excluding carboxylic acids is 1. The maximum atomic E-state index is 12.4. The van der Waals surface area contributed by atoms with Crippen LogP contribution in [-0.4, -0.2) is 12.5 Å². The molecule has 142 valence electrons. The molecular formula is C20H13ClF2N2O2S. The highest BCUT2D eigenvalue weighted by Crippen LogP contribution is 2.33. The fraction of sp³-hybridized carbons (Fsp3) is 0.100. The maximum Gasteiger partial charge on any atom is 0.387 e. The van der Waals surface area contributed by atoms with E-state index in [2.05, 4.69) is 16.1 Å². The van der Waals surface area contributed by atoms with Gasteiger partial charge in [-0.2, -0.15) is 14.0 Å². The Morgan fingerprint density at radius 1 is 1.18 bits per heavy atom. The van der Waals surface area contributed by atoms with Crippen molar-refractivity contribution in [1.29, 1.82) is 5.26 Å². The first kappa shape index (κ1) is 19.8. The van der Waals surface area contributed by atoms with Gasteiger partial charge in [0.15, 0.2) is 0 Å². The summed E-state index contributed by atoms with van der Waals surface area (Å²) < 4.78 is 29.2. The van der Waals surface area contributed by atoms with Crippen molar-refractivity contribution in [2.45, 2.75) is 12.5 Å². The van der Waals surface area contributed by atoms with E-state index in [1.165, 1.54) is 17.5 Å². The highest BCUT2D eigenvalue weighted by atomic mass is 35.5. The van der Waals surface area contributed by atoms with Crippen molar-refractivity contribution in [3.63, 3.8) is 0 Å². The van der Waals surface area contributed by atoms with Gasteiger partial charge < -0.3 is 10.1 Å². The first-order chi connectivity index (χ1) is 13.5. The molecule has 1 heterocycles. The molecule has 28 heavy (non-hydrogen) atoms. The Bertz CT molecular complexity index is 1020. The molecule has 0 saturated heterocycles. The van der Waals surface area contributed by atoms with Crippen molar-refractivity contribution < 1.29 is 18.3 Å². The summed E-state index contributed by atoms with van der Waals surface area (Å²) >= 11 is 7.32. The second-order valence-electron chi connectivity index (χ2n) is 5.66. The third kappa shape index (κ3) is 4.47. The van der Waals surface area contributed by atoms with Gasteiger partial charge in [0.1, 0.15) is 10.6 Å². The summed E-state index contributed by atoms with van der Waals surface area (Å²) in [6.45, 7) is -3.02. The SMILES string of the molecule is N#CC(c1ccccc1)c1ccc(NC(=O)c2sccc2OC(F)F)cc1Cl. The van der Waals surface area contributed by atoms with Crippen LogP contribution in [0.3, 0.4) is 0 Å². The first-order valence-corrected chi connectivity index (χ1v) is 9.33. The topological polar surface area (TPSA) is 62.1 Å². The number of alkyl halides is 2. The number of halogens is 3. The molecule has 1 aromatic heterocycles. The number of rotatable bonds is 6.